The van der Waals surface area contributed by atoms with Gasteiger partial charge in [0.1, 0.15) is 0 Å². The van der Waals surface area contributed by atoms with Crippen molar-refractivity contribution in [2.24, 2.45) is 23.7 Å². The molecule has 0 fully saturated rings. The van der Waals surface area contributed by atoms with Gasteiger partial charge in [0.2, 0.25) is 0 Å². The normalized spacial score (nSPS) is 12.7. The summed E-state index contributed by atoms with van der Waals surface area (Å²) in [6, 6.07) is 0. The summed E-state index contributed by atoms with van der Waals surface area (Å²) in [6.07, 6.45) is 0. The summed E-state index contributed by atoms with van der Waals surface area (Å²) < 4.78 is 1.32. The van der Waals surface area contributed by atoms with Gasteiger partial charge in [-0.2, -0.15) is 0 Å². The molecule has 0 aliphatic heterocycles. The van der Waals surface area contributed by atoms with Gasteiger partial charge >= 0.3 is 0 Å². The first-order valence-corrected chi connectivity index (χ1v) is 7.52. The maximum atomic E-state index is 2.37. The fraction of sp³-hybridized carbons (Fsp3) is 1.00. The molecule has 0 spiro atoms. The van der Waals surface area contributed by atoms with Gasteiger partial charge in [-0.15, -0.1) is 0 Å². The van der Waals surface area contributed by atoms with Crippen LogP contribution in [0.1, 0.15) is 55.4 Å². The van der Waals surface area contributed by atoms with E-state index in [-0.39, 0.29) is 24.0 Å². The van der Waals surface area contributed by atoms with E-state index in [0.717, 1.165) is 23.7 Å². The molecule has 0 radical (unpaired) electrons. The zero-order valence-electron chi connectivity index (χ0n) is 14.0. The van der Waals surface area contributed by atoms with E-state index in [9.17, 15) is 0 Å². The van der Waals surface area contributed by atoms with E-state index >= 15 is 0 Å². The molecule has 18 heavy (non-hydrogen) atoms. The highest BCUT2D eigenvalue weighted by atomic mass is 127. The highest BCUT2D eigenvalue weighted by molar-refractivity contribution is 4.57. The molecule has 1 nitrogen and oxygen atoms in total. The molecule has 0 heterocycles. The van der Waals surface area contributed by atoms with Crippen LogP contribution in [0.3, 0.4) is 0 Å². The Hall–Kier alpha value is 0.690. The van der Waals surface area contributed by atoms with Gasteiger partial charge in [0, 0.05) is 23.7 Å². The second-order valence-corrected chi connectivity index (χ2v) is 7.65. The minimum Gasteiger partial charge on any atom is -1.00 e. The summed E-state index contributed by atoms with van der Waals surface area (Å²) in [5.41, 5.74) is 0. The minimum absolute atomic E-state index is 0. The molecule has 0 saturated carbocycles. The van der Waals surface area contributed by atoms with Crippen LogP contribution >= 0.6 is 0 Å². The van der Waals surface area contributed by atoms with Crippen LogP contribution in [0.5, 0.6) is 0 Å². The van der Waals surface area contributed by atoms with Gasteiger partial charge in [-0.1, -0.05) is 55.4 Å². The molecule has 0 unspecified atom stereocenters. The maximum absolute atomic E-state index is 2.37. The molecule has 0 aromatic carbocycles. The largest absolute Gasteiger partial charge is 1.00 e. The van der Waals surface area contributed by atoms with Crippen LogP contribution in [-0.4, -0.2) is 30.7 Å². The fourth-order valence-corrected chi connectivity index (χ4v) is 3.55. The van der Waals surface area contributed by atoms with Gasteiger partial charge < -0.3 is 28.5 Å². The smallest absolute Gasteiger partial charge is 0.0810 e. The van der Waals surface area contributed by atoms with E-state index in [1.54, 1.807) is 0 Å². The van der Waals surface area contributed by atoms with E-state index in [4.69, 9.17) is 0 Å². The Morgan fingerprint density at radius 3 is 0.778 bits per heavy atom. The summed E-state index contributed by atoms with van der Waals surface area (Å²) >= 11 is 0. The van der Waals surface area contributed by atoms with Crippen LogP contribution in [0, 0.1) is 23.7 Å². The molecular weight excluding hydrogens is 333 g/mol. The second kappa shape index (κ2) is 9.57. The molecule has 0 bridgehead atoms. The minimum atomic E-state index is 0. The molecule has 0 rings (SSSR count). The Labute approximate surface area is 133 Å². The lowest BCUT2D eigenvalue weighted by molar-refractivity contribution is -0.938. The molecule has 0 aliphatic rings. The fourth-order valence-electron chi connectivity index (χ4n) is 3.55. The van der Waals surface area contributed by atoms with Crippen LogP contribution in [0.15, 0.2) is 0 Å². The number of hydrogen-bond acceptors (Lipinski definition) is 0. The van der Waals surface area contributed by atoms with Crippen molar-refractivity contribution >= 4 is 0 Å². The number of quaternary nitrogens is 1. The van der Waals surface area contributed by atoms with Crippen LogP contribution in [0.25, 0.3) is 0 Å². The van der Waals surface area contributed by atoms with Gasteiger partial charge in [0.05, 0.1) is 26.2 Å². The molecule has 2 heteroatoms. The first kappa shape index (κ1) is 21.0. The Balaban J connectivity index is 0. The predicted molar refractivity (Wildman–Crippen MR) is 79.1 cm³/mol. The highest BCUT2D eigenvalue weighted by Gasteiger charge is 2.31. The van der Waals surface area contributed by atoms with E-state index in [0.29, 0.717) is 0 Å². The lowest BCUT2D eigenvalue weighted by Crippen LogP contribution is -3.00. The van der Waals surface area contributed by atoms with Crippen LogP contribution in [-0.2, 0) is 0 Å². The Kier molecular flexibility index (Phi) is 11.2. The number of halogens is 1. The standard InChI is InChI=1S/C16H36N.HI/c1-13(2)9-17(10-14(3)4,11-15(5)6)12-16(7)8;/h13-16H,9-12H2,1-8H3;1H/q+1;/p-1. The lowest BCUT2D eigenvalue weighted by atomic mass is 10.0. The topological polar surface area (TPSA) is 0 Å². The second-order valence-electron chi connectivity index (χ2n) is 7.65. The van der Waals surface area contributed by atoms with E-state index in [1.165, 1.54) is 30.7 Å². The van der Waals surface area contributed by atoms with Crippen molar-refractivity contribution in [2.45, 2.75) is 55.4 Å². The SMILES string of the molecule is CC(C)C[N+](CC(C)C)(CC(C)C)CC(C)C.[I-]. The molecule has 0 aromatic rings. The maximum Gasteiger partial charge on any atom is 0.0810 e. The van der Waals surface area contributed by atoms with Crippen LogP contribution in [0.4, 0.5) is 0 Å². The van der Waals surface area contributed by atoms with Gasteiger partial charge in [0.15, 0.2) is 0 Å². The lowest BCUT2D eigenvalue weighted by Gasteiger charge is -2.44. The molecule has 0 saturated heterocycles. The summed E-state index contributed by atoms with van der Waals surface area (Å²) in [5, 5.41) is 0. The third kappa shape index (κ3) is 9.60. The van der Waals surface area contributed by atoms with Gasteiger partial charge in [-0.25, -0.2) is 0 Å². The average Bonchev–Trinajstić information content (AvgIpc) is 1.95. The summed E-state index contributed by atoms with van der Waals surface area (Å²) in [7, 11) is 0. The molecule has 0 amide bonds. The van der Waals surface area contributed by atoms with Gasteiger partial charge in [0.25, 0.3) is 0 Å². The van der Waals surface area contributed by atoms with Crippen molar-refractivity contribution in [3.63, 3.8) is 0 Å². The molecule has 0 N–H and O–H groups in total. The predicted octanol–water partition coefficient (Wildman–Crippen LogP) is 1.43. The van der Waals surface area contributed by atoms with Crippen LogP contribution < -0.4 is 24.0 Å². The summed E-state index contributed by atoms with van der Waals surface area (Å²) in [6.45, 7) is 24.3. The number of rotatable bonds is 8. The Morgan fingerprint density at radius 1 is 0.500 bits per heavy atom. The number of hydrogen-bond donors (Lipinski definition) is 0. The molecule has 112 valence electrons. The first-order chi connectivity index (χ1) is 7.67. The van der Waals surface area contributed by atoms with E-state index in [1.807, 2.05) is 0 Å². The molecule has 0 aliphatic carbocycles. The monoisotopic (exact) mass is 369 g/mol. The van der Waals surface area contributed by atoms with Crippen LogP contribution in [0.2, 0.25) is 0 Å². The van der Waals surface area contributed by atoms with Crippen molar-refractivity contribution in [2.75, 3.05) is 26.2 Å². The third-order valence-corrected chi connectivity index (χ3v) is 3.01. The summed E-state index contributed by atoms with van der Waals surface area (Å²) in [4.78, 5) is 0. The van der Waals surface area contributed by atoms with Crippen molar-refractivity contribution in [1.29, 1.82) is 0 Å². The van der Waals surface area contributed by atoms with Crippen molar-refractivity contribution < 1.29 is 28.5 Å². The van der Waals surface area contributed by atoms with Gasteiger partial charge in [-0.3, -0.25) is 0 Å². The Bertz CT molecular complexity index is 152. The van der Waals surface area contributed by atoms with Crippen molar-refractivity contribution in [1.82, 2.24) is 0 Å². The van der Waals surface area contributed by atoms with E-state index in [2.05, 4.69) is 55.4 Å². The number of nitrogens with zero attached hydrogens (tertiary/aromatic N) is 1. The highest BCUT2D eigenvalue weighted by Crippen LogP contribution is 2.21. The first-order valence-electron chi connectivity index (χ1n) is 7.52. The summed E-state index contributed by atoms with van der Waals surface area (Å²) in [5.74, 6) is 3.19. The molecule has 0 atom stereocenters. The van der Waals surface area contributed by atoms with E-state index < -0.39 is 0 Å². The average molecular weight is 369 g/mol. The molecular formula is C16H36IN. The molecule has 0 aromatic heterocycles. The van der Waals surface area contributed by atoms with Gasteiger partial charge in [-0.05, 0) is 0 Å². The van der Waals surface area contributed by atoms with Crippen molar-refractivity contribution in [3.8, 4) is 0 Å². The zero-order valence-corrected chi connectivity index (χ0v) is 16.1. The third-order valence-electron chi connectivity index (χ3n) is 3.01. The van der Waals surface area contributed by atoms with Crippen molar-refractivity contribution in [3.05, 3.63) is 0 Å². The quantitative estimate of drug-likeness (QED) is 0.449. The Morgan fingerprint density at radius 2 is 0.667 bits per heavy atom. The zero-order chi connectivity index (χ0) is 13.6.